The SMILES string of the molecule is CCc1nc(C2CC(=O)Nc3n[nH]c(-c4cccnc4)c32)c(C)[nH]1.O=CO. The Morgan fingerprint density at radius 3 is 2.81 bits per heavy atom. The molecule has 9 nitrogen and oxygen atoms in total. The molecule has 4 heterocycles. The predicted octanol–water partition coefficient (Wildman–Crippen LogP) is 2.24. The van der Waals surface area contributed by atoms with Crippen LogP contribution in [-0.4, -0.2) is 42.6 Å². The third kappa shape index (κ3) is 3.57. The van der Waals surface area contributed by atoms with E-state index in [9.17, 15) is 4.79 Å². The number of carboxylic acid groups (broad SMARTS) is 1. The standard InChI is InChI=1S/C17H18N6O.CH2O2/c1-3-12-19-9(2)15(20-12)11-7-13(24)21-17-14(11)16(22-23-17)10-5-4-6-18-8-10;2-1-3/h4-6,8,11H,3,7H2,1-2H3,(H,19,20)(H2,21,22,23,24);1H,(H,2,3). The number of hydrogen-bond acceptors (Lipinski definition) is 5. The van der Waals surface area contributed by atoms with Crippen LogP contribution in [-0.2, 0) is 16.0 Å². The summed E-state index contributed by atoms with van der Waals surface area (Å²) in [7, 11) is 0. The fraction of sp³-hybridized carbons (Fsp3) is 0.278. The number of aromatic nitrogens is 5. The Hall–Kier alpha value is -3.49. The van der Waals surface area contributed by atoms with Crippen molar-refractivity contribution in [2.24, 2.45) is 0 Å². The number of fused-ring (bicyclic) bond motifs is 1. The molecule has 0 radical (unpaired) electrons. The molecule has 1 atom stereocenters. The van der Waals surface area contributed by atoms with Crippen molar-refractivity contribution in [3.63, 3.8) is 0 Å². The summed E-state index contributed by atoms with van der Waals surface area (Å²) in [6.45, 7) is 3.80. The first-order valence-electron chi connectivity index (χ1n) is 8.50. The van der Waals surface area contributed by atoms with Crippen LogP contribution in [0.2, 0.25) is 0 Å². The highest BCUT2D eigenvalue weighted by molar-refractivity contribution is 5.96. The minimum Gasteiger partial charge on any atom is -0.483 e. The molecule has 0 bridgehead atoms. The van der Waals surface area contributed by atoms with E-state index in [0.717, 1.165) is 40.5 Å². The molecule has 3 aromatic heterocycles. The Morgan fingerprint density at radius 2 is 2.19 bits per heavy atom. The summed E-state index contributed by atoms with van der Waals surface area (Å²) in [5, 5.41) is 17.1. The van der Waals surface area contributed by atoms with Crippen LogP contribution in [0.1, 0.15) is 42.0 Å². The van der Waals surface area contributed by atoms with Gasteiger partial charge in [-0.3, -0.25) is 19.7 Å². The summed E-state index contributed by atoms with van der Waals surface area (Å²) in [4.78, 5) is 32.7. The highest BCUT2D eigenvalue weighted by Gasteiger charge is 2.34. The van der Waals surface area contributed by atoms with Gasteiger partial charge in [0.1, 0.15) is 5.82 Å². The highest BCUT2D eigenvalue weighted by Crippen LogP contribution is 2.41. The van der Waals surface area contributed by atoms with Gasteiger partial charge in [-0.1, -0.05) is 6.92 Å². The lowest BCUT2D eigenvalue weighted by molar-refractivity contribution is -0.123. The number of carbonyl (C=O) groups is 2. The third-order valence-electron chi connectivity index (χ3n) is 4.39. The van der Waals surface area contributed by atoms with Gasteiger partial charge in [0.15, 0.2) is 5.82 Å². The van der Waals surface area contributed by atoms with E-state index in [4.69, 9.17) is 14.9 Å². The van der Waals surface area contributed by atoms with Crippen LogP contribution >= 0.6 is 0 Å². The second kappa shape index (κ2) is 7.81. The minimum absolute atomic E-state index is 0.0443. The normalized spacial score (nSPS) is 15.3. The van der Waals surface area contributed by atoms with E-state index in [2.05, 4.69) is 32.4 Å². The van der Waals surface area contributed by atoms with Gasteiger partial charge in [-0.15, -0.1) is 0 Å². The van der Waals surface area contributed by atoms with Crippen molar-refractivity contribution >= 4 is 18.2 Å². The number of amides is 1. The Bertz CT molecular complexity index is 947. The maximum Gasteiger partial charge on any atom is 0.290 e. The Kier molecular flexibility index (Phi) is 5.30. The Morgan fingerprint density at radius 1 is 1.41 bits per heavy atom. The summed E-state index contributed by atoms with van der Waals surface area (Å²) < 4.78 is 0. The lowest BCUT2D eigenvalue weighted by atomic mass is 9.87. The molecule has 1 aliphatic heterocycles. The highest BCUT2D eigenvalue weighted by atomic mass is 16.3. The van der Waals surface area contributed by atoms with Crippen molar-refractivity contribution in [3.8, 4) is 11.3 Å². The van der Waals surface area contributed by atoms with Crippen LogP contribution in [0, 0.1) is 6.92 Å². The molecular formula is C18H20N6O3. The summed E-state index contributed by atoms with van der Waals surface area (Å²) >= 11 is 0. The molecular weight excluding hydrogens is 348 g/mol. The predicted molar refractivity (Wildman–Crippen MR) is 98.3 cm³/mol. The zero-order chi connectivity index (χ0) is 19.4. The van der Waals surface area contributed by atoms with E-state index in [1.807, 2.05) is 19.1 Å². The Balaban J connectivity index is 0.000000659. The number of imidazole rings is 1. The van der Waals surface area contributed by atoms with Gasteiger partial charge in [-0.2, -0.15) is 5.10 Å². The maximum absolute atomic E-state index is 12.1. The van der Waals surface area contributed by atoms with E-state index in [-0.39, 0.29) is 18.3 Å². The third-order valence-corrected chi connectivity index (χ3v) is 4.39. The first kappa shape index (κ1) is 18.3. The molecule has 4 N–H and O–H groups in total. The number of hydrogen-bond donors (Lipinski definition) is 4. The van der Waals surface area contributed by atoms with Crippen LogP contribution < -0.4 is 5.32 Å². The number of pyridine rings is 1. The lowest BCUT2D eigenvalue weighted by Crippen LogP contribution is -2.24. The molecule has 0 spiro atoms. The van der Waals surface area contributed by atoms with Crippen molar-refractivity contribution in [2.75, 3.05) is 5.32 Å². The molecule has 140 valence electrons. The first-order valence-corrected chi connectivity index (χ1v) is 8.50. The van der Waals surface area contributed by atoms with Crippen LogP contribution in [0.15, 0.2) is 24.5 Å². The van der Waals surface area contributed by atoms with Gasteiger partial charge < -0.3 is 15.4 Å². The van der Waals surface area contributed by atoms with Crippen molar-refractivity contribution in [2.45, 2.75) is 32.6 Å². The summed E-state index contributed by atoms with van der Waals surface area (Å²) in [6.07, 6.45) is 4.70. The number of aromatic amines is 2. The largest absolute Gasteiger partial charge is 0.483 e. The fourth-order valence-electron chi connectivity index (χ4n) is 3.26. The second-order valence-corrected chi connectivity index (χ2v) is 6.06. The van der Waals surface area contributed by atoms with Gasteiger partial charge in [-0.25, -0.2) is 4.98 Å². The molecule has 9 heteroatoms. The number of aryl methyl sites for hydroxylation is 2. The molecule has 4 rings (SSSR count). The van der Waals surface area contributed by atoms with E-state index in [1.54, 1.807) is 12.4 Å². The molecule has 0 aliphatic carbocycles. The molecule has 1 unspecified atom stereocenters. The average molecular weight is 368 g/mol. The summed E-state index contributed by atoms with van der Waals surface area (Å²) in [5.74, 6) is 1.34. The molecule has 0 aromatic carbocycles. The average Bonchev–Trinajstić information content (AvgIpc) is 3.26. The molecule has 3 aromatic rings. The van der Waals surface area contributed by atoms with Crippen molar-refractivity contribution in [1.82, 2.24) is 25.1 Å². The number of anilines is 1. The van der Waals surface area contributed by atoms with Gasteiger partial charge >= 0.3 is 0 Å². The molecule has 0 saturated carbocycles. The van der Waals surface area contributed by atoms with Gasteiger partial charge in [0, 0.05) is 48.0 Å². The summed E-state index contributed by atoms with van der Waals surface area (Å²) in [6, 6.07) is 3.86. The van der Waals surface area contributed by atoms with Crippen molar-refractivity contribution in [3.05, 3.63) is 47.3 Å². The van der Waals surface area contributed by atoms with Crippen LogP contribution in [0.3, 0.4) is 0 Å². The molecule has 1 amide bonds. The van der Waals surface area contributed by atoms with Gasteiger partial charge in [0.25, 0.3) is 6.47 Å². The molecule has 1 aliphatic rings. The second-order valence-electron chi connectivity index (χ2n) is 6.06. The van der Waals surface area contributed by atoms with E-state index >= 15 is 0 Å². The first-order chi connectivity index (χ1) is 13.1. The lowest BCUT2D eigenvalue weighted by Gasteiger charge is -2.22. The fourth-order valence-corrected chi connectivity index (χ4v) is 3.26. The van der Waals surface area contributed by atoms with Crippen molar-refractivity contribution in [1.29, 1.82) is 0 Å². The maximum atomic E-state index is 12.1. The number of nitrogens with zero attached hydrogens (tertiary/aromatic N) is 3. The van der Waals surface area contributed by atoms with Gasteiger partial charge in [0.2, 0.25) is 5.91 Å². The number of carbonyl (C=O) groups excluding carboxylic acids is 1. The number of nitrogens with one attached hydrogen (secondary N) is 3. The molecule has 0 fully saturated rings. The summed E-state index contributed by atoms with van der Waals surface area (Å²) in [5.41, 5.74) is 4.70. The minimum atomic E-state index is -0.250. The quantitative estimate of drug-likeness (QED) is 0.523. The van der Waals surface area contributed by atoms with E-state index in [0.29, 0.717) is 12.2 Å². The zero-order valence-corrected chi connectivity index (χ0v) is 15.0. The van der Waals surface area contributed by atoms with Crippen LogP contribution in [0.5, 0.6) is 0 Å². The van der Waals surface area contributed by atoms with Crippen molar-refractivity contribution < 1.29 is 14.7 Å². The smallest absolute Gasteiger partial charge is 0.290 e. The topological polar surface area (TPSA) is 137 Å². The number of H-pyrrole nitrogens is 2. The number of rotatable bonds is 3. The van der Waals surface area contributed by atoms with Crippen LogP contribution in [0.25, 0.3) is 11.3 Å². The van der Waals surface area contributed by atoms with E-state index < -0.39 is 0 Å². The monoisotopic (exact) mass is 368 g/mol. The Labute approximate surface area is 155 Å². The van der Waals surface area contributed by atoms with E-state index in [1.165, 1.54) is 0 Å². The van der Waals surface area contributed by atoms with Gasteiger partial charge in [-0.05, 0) is 19.1 Å². The van der Waals surface area contributed by atoms with Gasteiger partial charge in [0.05, 0.1) is 11.4 Å². The van der Waals surface area contributed by atoms with Crippen LogP contribution in [0.4, 0.5) is 5.82 Å². The molecule has 27 heavy (non-hydrogen) atoms. The molecule has 0 saturated heterocycles. The zero-order valence-electron chi connectivity index (χ0n) is 15.0.